The zero-order valence-corrected chi connectivity index (χ0v) is 18.3. The summed E-state index contributed by atoms with van der Waals surface area (Å²) in [5.41, 5.74) is 7.54. The summed E-state index contributed by atoms with van der Waals surface area (Å²) in [7, 11) is 0. The Hall–Kier alpha value is -2.18. The zero-order chi connectivity index (χ0) is 19.6. The van der Waals surface area contributed by atoms with Gasteiger partial charge in [0.1, 0.15) is 0 Å². The fourth-order valence-electron chi connectivity index (χ4n) is 3.02. The van der Waals surface area contributed by atoms with Crippen molar-refractivity contribution in [3.05, 3.63) is 75.0 Å². The van der Waals surface area contributed by atoms with Crippen molar-refractivity contribution in [1.82, 2.24) is 9.78 Å². The number of anilines is 2. The van der Waals surface area contributed by atoms with Crippen LogP contribution in [0.25, 0.3) is 0 Å². The highest BCUT2D eigenvalue weighted by atomic mass is 79.9. The van der Waals surface area contributed by atoms with Gasteiger partial charge in [-0.2, -0.15) is 5.10 Å². The van der Waals surface area contributed by atoms with Gasteiger partial charge in [-0.25, -0.2) is 0 Å². The number of benzene rings is 2. The van der Waals surface area contributed by atoms with E-state index < -0.39 is 0 Å². The van der Waals surface area contributed by atoms with Crippen molar-refractivity contribution in [3.8, 4) is 0 Å². The van der Waals surface area contributed by atoms with Gasteiger partial charge in [0, 0.05) is 10.2 Å². The number of thiocarbonyl (C=S) groups is 1. The van der Waals surface area contributed by atoms with Gasteiger partial charge in [-0.1, -0.05) is 45.8 Å². The van der Waals surface area contributed by atoms with Crippen LogP contribution in [0.3, 0.4) is 0 Å². The summed E-state index contributed by atoms with van der Waals surface area (Å²) in [6.07, 6.45) is 0. The number of rotatable bonds is 4. The first-order valence-corrected chi connectivity index (χ1v) is 9.97. The standard InChI is InChI=1S/C21H23BrN4S/c1-13-5-10-19(14(2)11-13)23-21(27)24-20-15(3)25-26(16(20)4)12-17-6-8-18(22)9-7-17/h5-11H,12H2,1-4H3,(H2,23,24,27). The van der Waals surface area contributed by atoms with Crippen molar-refractivity contribution in [2.24, 2.45) is 0 Å². The third-order valence-electron chi connectivity index (χ3n) is 4.50. The lowest BCUT2D eigenvalue weighted by molar-refractivity contribution is 0.659. The molecule has 0 aliphatic heterocycles. The van der Waals surface area contributed by atoms with E-state index >= 15 is 0 Å². The Morgan fingerprint density at radius 3 is 2.41 bits per heavy atom. The van der Waals surface area contributed by atoms with Crippen LogP contribution in [0.4, 0.5) is 11.4 Å². The molecule has 0 unspecified atom stereocenters. The van der Waals surface area contributed by atoms with E-state index in [4.69, 9.17) is 12.2 Å². The molecule has 6 heteroatoms. The predicted molar refractivity (Wildman–Crippen MR) is 121 cm³/mol. The third-order valence-corrected chi connectivity index (χ3v) is 5.23. The van der Waals surface area contributed by atoms with Gasteiger partial charge >= 0.3 is 0 Å². The topological polar surface area (TPSA) is 41.9 Å². The highest BCUT2D eigenvalue weighted by molar-refractivity contribution is 9.10. The zero-order valence-electron chi connectivity index (χ0n) is 15.9. The Labute approximate surface area is 174 Å². The first kappa shape index (κ1) is 19.6. The first-order valence-electron chi connectivity index (χ1n) is 8.77. The number of hydrogen-bond acceptors (Lipinski definition) is 2. The highest BCUT2D eigenvalue weighted by Gasteiger charge is 2.13. The second-order valence-electron chi connectivity index (χ2n) is 6.73. The van der Waals surface area contributed by atoms with E-state index in [1.165, 1.54) is 16.7 Å². The van der Waals surface area contributed by atoms with Crippen LogP contribution in [0.5, 0.6) is 0 Å². The van der Waals surface area contributed by atoms with E-state index in [2.05, 4.69) is 82.8 Å². The number of aryl methyl sites for hydroxylation is 3. The lowest BCUT2D eigenvalue weighted by Gasteiger charge is -2.13. The van der Waals surface area contributed by atoms with Gasteiger partial charge in [-0.3, -0.25) is 4.68 Å². The summed E-state index contributed by atoms with van der Waals surface area (Å²) < 4.78 is 3.07. The largest absolute Gasteiger partial charge is 0.332 e. The Kier molecular flexibility index (Phi) is 5.97. The molecule has 0 amide bonds. The monoisotopic (exact) mass is 442 g/mol. The van der Waals surface area contributed by atoms with Crippen molar-refractivity contribution in [2.75, 3.05) is 10.6 Å². The van der Waals surface area contributed by atoms with Crippen molar-refractivity contribution >= 4 is 44.6 Å². The second kappa shape index (κ2) is 8.23. The Balaban J connectivity index is 1.74. The molecular formula is C21H23BrN4S. The molecule has 0 spiro atoms. The molecule has 0 fully saturated rings. The number of nitrogens with one attached hydrogen (secondary N) is 2. The van der Waals surface area contributed by atoms with Crippen molar-refractivity contribution in [1.29, 1.82) is 0 Å². The number of nitrogens with zero attached hydrogens (tertiary/aromatic N) is 2. The maximum Gasteiger partial charge on any atom is 0.175 e. The van der Waals surface area contributed by atoms with Crippen LogP contribution in [0.15, 0.2) is 46.9 Å². The maximum absolute atomic E-state index is 5.52. The smallest absolute Gasteiger partial charge is 0.175 e. The molecule has 0 radical (unpaired) electrons. The number of aromatic nitrogens is 2. The van der Waals surface area contributed by atoms with Gasteiger partial charge in [-0.15, -0.1) is 0 Å². The van der Waals surface area contributed by atoms with Crippen LogP contribution in [-0.2, 0) is 6.54 Å². The summed E-state index contributed by atoms with van der Waals surface area (Å²) in [5, 5.41) is 11.8. The molecule has 0 saturated carbocycles. The van der Waals surface area contributed by atoms with Gasteiger partial charge in [-0.05, 0) is 69.2 Å². The fourth-order valence-corrected chi connectivity index (χ4v) is 3.49. The van der Waals surface area contributed by atoms with Gasteiger partial charge < -0.3 is 10.6 Å². The van der Waals surface area contributed by atoms with Crippen LogP contribution in [0, 0.1) is 27.7 Å². The molecule has 140 valence electrons. The SMILES string of the molecule is Cc1ccc(NC(=S)Nc2c(C)nn(Cc3ccc(Br)cc3)c2C)c(C)c1. The molecular weight excluding hydrogens is 420 g/mol. The molecule has 2 aromatic carbocycles. The summed E-state index contributed by atoms with van der Waals surface area (Å²) >= 11 is 8.99. The van der Waals surface area contributed by atoms with E-state index in [9.17, 15) is 0 Å². The molecule has 0 aliphatic rings. The average molecular weight is 443 g/mol. The molecule has 0 bridgehead atoms. The van der Waals surface area contributed by atoms with Crippen LogP contribution < -0.4 is 10.6 Å². The molecule has 2 N–H and O–H groups in total. The minimum Gasteiger partial charge on any atom is -0.332 e. The van der Waals surface area contributed by atoms with Crippen molar-refractivity contribution in [2.45, 2.75) is 34.2 Å². The number of halogens is 1. The van der Waals surface area contributed by atoms with Crippen molar-refractivity contribution < 1.29 is 0 Å². The van der Waals surface area contributed by atoms with Crippen LogP contribution >= 0.6 is 28.1 Å². The fraction of sp³-hybridized carbons (Fsp3) is 0.238. The van der Waals surface area contributed by atoms with Crippen LogP contribution in [0.1, 0.15) is 28.1 Å². The second-order valence-corrected chi connectivity index (χ2v) is 8.05. The van der Waals surface area contributed by atoms with E-state index in [1.807, 2.05) is 23.7 Å². The first-order chi connectivity index (χ1) is 12.8. The normalized spacial score (nSPS) is 10.7. The quantitative estimate of drug-likeness (QED) is 0.505. The Morgan fingerprint density at radius 2 is 1.74 bits per heavy atom. The Bertz CT molecular complexity index is 977. The average Bonchev–Trinajstić information content (AvgIpc) is 2.87. The van der Waals surface area contributed by atoms with Crippen LogP contribution in [0.2, 0.25) is 0 Å². The lowest BCUT2D eigenvalue weighted by atomic mass is 10.1. The minimum atomic E-state index is 0.566. The van der Waals surface area contributed by atoms with E-state index in [1.54, 1.807) is 0 Å². The lowest BCUT2D eigenvalue weighted by Crippen LogP contribution is -2.20. The number of hydrogen-bond donors (Lipinski definition) is 2. The summed E-state index contributed by atoms with van der Waals surface area (Å²) in [6, 6.07) is 14.5. The van der Waals surface area contributed by atoms with E-state index in [0.29, 0.717) is 5.11 Å². The van der Waals surface area contributed by atoms with Gasteiger partial charge in [0.15, 0.2) is 5.11 Å². The van der Waals surface area contributed by atoms with E-state index in [-0.39, 0.29) is 0 Å². The molecule has 4 nitrogen and oxygen atoms in total. The highest BCUT2D eigenvalue weighted by Crippen LogP contribution is 2.22. The van der Waals surface area contributed by atoms with Gasteiger partial charge in [0.25, 0.3) is 0 Å². The van der Waals surface area contributed by atoms with Gasteiger partial charge in [0.05, 0.1) is 23.6 Å². The predicted octanol–water partition coefficient (Wildman–Crippen LogP) is 5.74. The molecule has 0 atom stereocenters. The molecule has 1 aromatic heterocycles. The minimum absolute atomic E-state index is 0.566. The van der Waals surface area contributed by atoms with Crippen LogP contribution in [-0.4, -0.2) is 14.9 Å². The van der Waals surface area contributed by atoms with Gasteiger partial charge in [0.2, 0.25) is 0 Å². The molecule has 0 aliphatic carbocycles. The molecule has 1 heterocycles. The Morgan fingerprint density at radius 1 is 1.04 bits per heavy atom. The summed E-state index contributed by atoms with van der Waals surface area (Å²) in [6.45, 7) is 8.93. The summed E-state index contributed by atoms with van der Waals surface area (Å²) in [5.74, 6) is 0. The van der Waals surface area contributed by atoms with Crippen molar-refractivity contribution in [3.63, 3.8) is 0 Å². The maximum atomic E-state index is 5.52. The van der Waals surface area contributed by atoms with E-state index in [0.717, 1.165) is 33.8 Å². The molecule has 27 heavy (non-hydrogen) atoms. The summed E-state index contributed by atoms with van der Waals surface area (Å²) in [4.78, 5) is 0. The third kappa shape index (κ3) is 4.76. The molecule has 3 aromatic rings. The molecule has 3 rings (SSSR count). The molecule has 0 saturated heterocycles.